The van der Waals surface area contributed by atoms with Crippen LogP contribution in [0.2, 0.25) is 0 Å². The molecule has 0 spiro atoms. The molecule has 88 valence electrons. The molecule has 0 aromatic carbocycles. The number of pyridine rings is 1. The van der Waals surface area contributed by atoms with Crippen LogP contribution in [-0.4, -0.2) is 21.1 Å². The highest BCUT2D eigenvalue weighted by Gasteiger charge is 2.11. The summed E-state index contributed by atoms with van der Waals surface area (Å²) < 4.78 is 0.912. The van der Waals surface area contributed by atoms with Crippen molar-refractivity contribution in [1.82, 2.24) is 15.2 Å². The predicted octanol–water partition coefficient (Wildman–Crippen LogP) is 2.44. The quantitative estimate of drug-likeness (QED) is 0.894. The maximum atomic E-state index is 11.9. The summed E-state index contributed by atoms with van der Waals surface area (Å²) in [7, 11) is 0. The van der Waals surface area contributed by atoms with E-state index in [0.29, 0.717) is 11.4 Å². The Morgan fingerprint density at radius 3 is 2.76 bits per heavy atom. The molecular weight excluding hydrogens is 284 g/mol. The maximum Gasteiger partial charge on any atom is 0.260 e. The Morgan fingerprint density at radius 1 is 1.41 bits per heavy atom. The van der Waals surface area contributed by atoms with Gasteiger partial charge in [-0.25, -0.2) is 4.98 Å². The van der Waals surface area contributed by atoms with Crippen molar-refractivity contribution in [1.29, 1.82) is 0 Å². The van der Waals surface area contributed by atoms with Gasteiger partial charge in [-0.1, -0.05) is 0 Å². The van der Waals surface area contributed by atoms with Crippen LogP contribution in [0.3, 0.4) is 0 Å². The molecule has 2 aromatic heterocycles. The maximum absolute atomic E-state index is 11.9. The summed E-state index contributed by atoms with van der Waals surface area (Å²) in [5.74, 6) is 0.307. The van der Waals surface area contributed by atoms with Gasteiger partial charge in [0, 0.05) is 10.2 Å². The van der Waals surface area contributed by atoms with Crippen LogP contribution in [0.4, 0.5) is 5.82 Å². The molecule has 2 rings (SSSR count). The second-order valence-corrected chi connectivity index (χ2v) is 4.48. The zero-order valence-electron chi connectivity index (χ0n) is 9.41. The van der Waals surface area contributed by atoms with E-state index in [-0.39, 0.29) is 5.91 Å². The van der Waals surface area contributed by atoms with Crippen molar-refractivity contribution in [3.8, 4) is 0 Å². The van der Waals surface area contributed by atoms with Crippen molar-refractivity contribution in [3.05, 3.63) is 39.8 Å². The van der Waals surface area contributed by atoms with Gasteiger partial charge in [0.05, 0.1) is 17.5 Å². The molecule has 6 heteroatoms. The zero-order chi connectivity index (χ0) is 12.4. The minimum atomic E-state index is -0.217. The molecule has 2 N–H and O–H groups in total. The molecule has 1 amide bonds. The molecule has 0 aliphatic rings. The number of amides is 1. The summed E-state index contributed by atoms with van der Waals surface area (Å²) in [5.41, 5.74) is 2.08. The molecule has 0 saturated heterocycles. The van der Waals surface area contributed by atoms with Crippen molar-refractivity contribution in [2.24, 2.45) is 0 Å². The topological polar surface area (TPSA) is 70.7 Å². The number of H-pyrrole nitrogens is 1. The molecule has 17 heavy (non-hydrogen) atoms. The van der Waals surface area contributed by atoms with Crippen LogP contribution < -0.4 is 5.32 Å². The molecule has 2 heterocycles. The number of nitrogens with one attached hydrogen (secondary N) is 2. The third kappa shape index (κ3) is 2.52. The van der Waals surface area contributed by atoms with Crippen LogP contribution >= 0.6 is 15.9 Å². The van der Waals surface area contributed by atoms with E-state index in [0.717, 1.165) is 15.9 Å². The van der Waals surface area contributed by atoms with E-state index in [4.69, 9.17) is 0 Å². The van der Waals surface area contributed by atoms with Gasteiger partial charge in [0.2, 0.25) is 0 Å². The number of anilines is 1. The van der Waals surface area contributed by atoms with Gasteiger partial charge in [0.25, 0.3) is 5.91 Å². The number of hydrogen-bond donors (Lipinski definition) is 2. The normalized spacial score (nSPS) is 10.3. The first kappa shape index (κ1) is 11.8. The summed E-state index contributed by atoms with van der Waals surface area (Å²) in [6, 6.07) is 3.59. The summed E-state index contributed by atoms with van der Waals surface area (Å²) in [6.45, 7) is 3.66. The highest BCUT2D eigenvalue weighted by Crippen LogP contribution is 2.16. The van der Waals surface area contributed by atoms with E-state index in [1.54, 1.807) is 13.0 Å². The van der Waals surface area contributed by atoms with E-state index in [1.165, 1.54) is 6.20 Å². The predicted molar refractivity (Wildman–Crippen MR) is 68.0 cm³/mol. The Morgan fingerprint density at radius 2 is 2.18 bits per heavy atom. The van der Waals surface area contributed by atoms with Gasteiger partial charge in [-0.15, -0.1) is 0 Å². The average molecular weight is 295 g/mol. The van der Waals surface area contributed by atoms with Crippen LogP contribution in [0.5, 0.6) is 0 Å². The monoisotopic (exact) mass is 294 g/mol. The van der Waals surface area contributed by atoms with Gasteiger partial charge in [-0.05, 0) is 41.9 Å². The van der Waals surface area contributed by atoms with E-state index in [1.807, 2.05) is 13.0 Å². The van der Waals surface area contributed by atoms with Gasteiger partial charge in [0.1, 0.15) is 5.82 Å². The third-order valence-corrected chi connectivity index (χ3v) is 3.18. The molecule has 2 aromatic rings. The van der Waals surface area contributed by atoms with Crippen molar-refractivity contribution >= 4 is 27.7 Å². The Hall–Kier alpha value is -1.69. The molecule has 0 atom stereocenters. The third-order valence-electron chi connectivity index (χ3n) is 2.34. The SMILES string of the molecule is Cc1nc(NC(=O)c2cn[nH]c2C)ccc1Br. The second kappa shape index (κ2) is 4.67. The lowest BCUT2D eigenvalue weighted by molar-refractivity contribution is 0.102. The largest absolute Gasteiger partial charge is 0.306 e. The molecular formula is C11H11BrN4O. The van der Waals surface area contributed by atoms with Crippen molar-refractivity contribution in [3.63, 3.8) is 0 Å². The van der Waals surface area contributed by atoms with Crippen LogP contribution in [0.25, 0.3) is 0 Å². The minimum Gasteiger partial charge on any atom is -0.306 e. The Balaban J connectivity index is 2.19. The lowest BCUT2D eigenvalue weighted by Gasteiger charge is -2.05. The van der Waals surface area contributed by atoms with Crippen molar-refractivity contribution in [2.75, 3.05) is 5.32 Å². The highest BCUT2D eigenvalue weighted by atomic mass is 79.9. The average Bonchev–Trinajstić information content (AvgIpc) is 2.70. The van der Waals surface area contributed by atoms with E-state index < -0.39 is 0 Å². The number of rotatable bonds is 2. The lowest BCUT2D eigenvalue weighted by Crippen LogP contribution is -2.13. The zero-order valence-corrected chi connectivity index (χ0v) is 11.0. The van der Waals surface area contributed by atoms with Crippen LogP contribution in [0.15, 0.2) is 22.8 Å². The molecule has 0 saturated carbocycles. The van der Waals surface area contributed by atoms with Crippen molar-refractivity contribution < 1.29 is 4.79 Å². The second-order valence-electron chi connectivity index (χ2n) is 3.63. The van der Waals surface area contributed by atoms with Gasteiger partial charge in [-0.2, -0.15) is 5.10 Å². The van der Waals surface area contributed by atoms with Gasteiger partial charge < -0.3 is 5.32 Å². The van der Waals surface area contributed by atoms with Crippen LogP contribution in [0.1, 0.15) is 21.7 Å². The van der Waals surface area contributed by atoms with Crippen molar-refractivity contribution in [2.45, 2.75) is 13.8 Å². The molecule has 5 nitrogen and oxygen atoms in total. The summed E-state index contributed by atoms with van der Waals surface area (Å²) in [4.78, 5) is 16.1. The number of aromatic nitrogens is 3. The standard InChI is InChI=1S/C11H11BrN4O/c1-6-8(5-13-16-6)11(17)15-10-4-3-9(12)7(2)14-10/h3-5H,1-2H3,(H,13,16)(H,14,15,17). The van der Waals surface area contributed by atoms with Gasteiger partial charge >= 0.3 is 0 Å². The highest BCUT2D eigenvalue weighted by molar-refractivity contribution is 9.10. The first-order valence-corrected chi connectivity index (χ1v) is 5.81. The molecule has 0 aliphatic heterocycles. The summed E-state index contributed by atoms with van der Waals surface area (Å²) in [5, 5.41) is 9.24. The van der Waals surface area contributed by atoms with E-state index in [9.17, 15) is 4.79 Å². The van der Waals surface area contributed by atoms with Gasteiger partial charge in [-0.3, -0.25) is 9.89 Å². The fourth-order valence-electron chi connectivity index (χ4n) is 1.38. The number of aromatic amines is 1. The fraction of sp³-hybridized carbons (Fsp3) is 0.182. The lowest BCUT2D eigenvalue weighted by atomic mass is 10.2. The number of aryl methyl sites for hydroxylation is 2. The summed E-state index contributed by atoms with van der Waals surface area (Å²) >= 11 is 3.36. The number of hydrogen-bond acceptors (Lipinski definition) is 3. The first-order chi connectivity index (χ1) is 8.08. The smallest absolute Gasteiger partial charge is 0.260 e. The number of carbonyl (C=O) groups is 1. The molecule has 0 fully saturated rings. The van der Waals surface area contributed by atoms with Crippen LogP contribution in [-0.2, 0) is 0 Å². The number of nitrogens with zero attached hydrogens (tertiary/aromatic N) is 2. The molecule has 0 unspecified atom stereocenters. The molecule has 0 aliphatic carbocycles. The minimum absolute atomic E-state index is 0.217. The first-order valence-electron chi connectivity index (χ1n) is 5.02. The summed E-state index contributed by atoms with van der Waals surface area (Å²) in [6.07, 6.45) is 1.50. The molecule has 0 radical (unpaired) electrons. The van der Waals surface area contributed by atoms with Crippen LogP contribution in [0, 0.1) is 13.8 Å². The fourth-order valence-corrected chi connectivity index (χ4v) is 1.60. The van der Waals surface area contributed by atoms with E-state index in [2.05, 4.69) is 36.4 Å². The van der Waals surface area contributed by atoms with E-state index >= 15 is 0 Å². The molecule has 0 bridgehead atoms. The van der Waals surface area contributed by atoms with Gasteiger partial charge in [0.15, 0.2) is 0 Å². The number of halogens is 1. The number of carbonyl (C=O) groups excluding carboxylic acids is 1. The Bertz CT molecular complexity index is 564. The Kier molecular flexibility index (Phi) is 3.23. The Labute approximate surface area is 107 Å².